The number of nitrogens with zero attached hydrogens (tertiary/aromatic N) is 1. The zero-order chi connectivity index (χ0) is 13.8. The summed E-state index contributed by atoms with van der Waals surface area (Å²) in [6, 6.07) is 12.5. The molecule has 4 heteroatoms. The van der Waals surface area contributed by atoms with Crippen molar-refractivity contribution in [1.29, 1.82) is 0 Å². The van der Waals surface area contributed by atoms with Crippen LogP contribution in [-0.2, 0) is 6.61 Å². The largest absolute Gasteiger partial charge is 0.489 e. The molecule has 2 aromatic rings. The molecule has 0 atom stereocenters. The molecule has 2 rings (SSSR count). The molecule has 0 radical (unpaired) electrons. The molecule has 0 unspecified atom stereocenters. The number of hydrogen-bond donors (Lipinski definition) is 0. The molecule has 2 aromatic carbocycles. The third-order valence-electron chi connectivity index (χ3n) is 2.86. The lowest BCUT2D eigenvalue weighted by Crippen LogP contribution is -1.98. The SMILES string of the molecule is Cc1ccc(C)c(OCc2cccc([N+](=O)[O-])c2)c1. The van der Waals surface area contributed by atoms with Crippen molar-refractivity contribution in [3.8, 4) is 5.75 Å². The Morgan fingerprint density at radius 1 is 1.16 bits per heavy atom. The Bertz CT molecular complexity index is 608. The van der Waals surface area contributed by atoms with Crippen LogP contribution < -0.4 is 4.74 Å². The lowest BCUT2D eigenvalue weighted by Gasteiger charge is -2.09. The fourth-order valence-corrected chi connectivity index (χ4v) is 1.78. The van der Waals surface area contributed by atoms with E-state index in [1.54, 1.807) is 6.07 Å². The number of nitro benzene ring substituents is 1. The molecule has 0 saturated heterocycles. The van der Waals surface area contributed by atoms with Crippen LogP contribution in [-0.4, -0.2) is 4.92 Å². The lowest BCUT2D eigenvalue weighted by molar-refractivity contribution is -0.384. The van der Waals surface area contributed by atoms with Crippen molar-refractivity contribution in [1.82, 2.24) is 0 Å². The molecule has 0 aliphatic heterocycles. The van der Waals surface area contributed by atoms with Gasteiger partial charge in [0.15, 0.2) is 0 Å². The first-order chi connectivity index (χ1) is 9.06. The highest BCUT2D eigenvalue weighted by Gasteiger charge is 2.06. The number of hydrogen-bond acceptors (Lipinski definition) is 3. The minimum Gasteiger partial charge on any atom is -0.489 e. The van der Waals surface area contributed by atoms with Crippen LogP contribution in [0.1, 0.15) is 16.7 Å². The standard InChI is InChI=1S/C15H15NO3/c1-11-6-7-12(2)15(8-11)19-10-13-4-3-5-14(9-13)16(17)18/h3-9H,10H2,1-2H3. The van der Waals surface area contributed by atoms with Crippen molar-refractivity contribution in [2.75, 3.05) is 0 Å². The van der Waals surface area contributed by atoms with Crippen molar-refractivity contribution in [3.63, 3.8) is 0 Å². The lowest BCUT2D eigenvalue weighted by atomic mass is 10.1. The van der Waals surface area contributed by atoms with E-state index >= 15 is 0 Å². The highest BCUT2D eigenvalue weighted by atomic mass is 16.6. The maximum absolute atomic E-state index is 10.7. The molecule has 0 aromatic heterocycles. The fourth-order valence-electron chi connectivity index (χ4n) is 1.78. The molecule has 98 valence electrons. The third-order valence-corrected chi connectivity index (χ3v) is 2.86. The Morgan fingerprint density at radius 2 is 1.95 bits per heavy atom. The van der Waals surface area contributed by atoms with E-state index in [2.05, 4.69) is 0 Å². The molecule has 0 fully saturated rings. The Hall–Kier alpha value is -2.36. The van der Waals surface area contributed by atoms with Gasteiger partial charge in [0.25, 0.3) is 5.69 Å². The predicted molar refractivity (Wildman–Crippen MR) is 73.3 cm³/mol. The van der Waals surface area contributed by atoms with E-state index in [0.717, 1.165) is 22.4 Å². The third kappa shape index (κ3) is 3.31. The number of rotatable bonds is 4. The van der Waals surface area contributed by atoms with Gasteiger partial charge in [-0.3, -0.25) is 10.1 Å². The number of non-ortho nitro benzene ring substituents is 1. The molecule has 19 heavy (non-hydrogen) atoms. The number of benzene rings is 2. The maximum atomic E-state index is 10.7. The second-order valence-corrected chi connectivity index (χ2v) is 4.48. The molecule has 0 heterocycles. The van der Waals surface area contributed by atoms with E-state index in [-0.39, 0.29) is 5.69 Å². The van der Waals surface area contributed by atoms with Crippen LogP contribution in [0, 0.1) is 24.0 Å². The van der Waals surface area contributed by atoms with E-state index in [0.29, 0.717) is 6.61 Å². The molecule has 0 N–H and O–H groups in total. The highest BCUT2D eigenvalue weighted by molar-refractivity contribution is 5.37. The Labute approximate surface area is 111 Å². The van der Waals surface area contributed by atoms with E-state index in [4.69, 9.17) is 4.74 Å². The van der Waals surface area contributed by atoms with Crippen molar-refractivity contribution >= 4 is 5.69 Å². The van der Waals surface area contributed by atoms with E-state index < -0.39 is 4.92 Å². The number of ether oxygens (including phenoxy) is 1. The summed E-state index contributed by atoms with van der Waals surface area (Å²) in [5.74, 6) is 0.812. The van der Waals surface area contributed by atoms with Crippen LogP contribution in [0.25, 0.3) is 0 Å². The zero-order valence-electron chi connectivity index (χ0n) is 10.9. The van der Waals surface area contributed by atoms with Gasteiger partial charge in [-0.1, -0.05) is 24.3 Å². The highest BCUT2D eigenvalue weighted by Crippen LogP contribution is 2.21. The average Bonchev–Trinajstić information content (AvgIpc) is 2.40. The summed E-state index contributed by atoms with van der Waals surface area (Å²) in [7, 11) is 0. The summed E-state index contributed by atoms with van der Waals surface area (Å²) in [5.41, 5.74) is 3.05. The van der Waals surface area contributed by atoms with Crippen LogP contribution in [0.2, 0.25) is 0 Å². The van der Waals surface area contributed by atoms with Crippen molar-refractivity contribution in [2.24, 2.45) is 0 Å². The van der Waals surface area contributed by atoms with Gasteiger partial charge in [-0.25, -0.2) is 0 Å². The summed E-state index contributed by atoms with van der Waals surface area (Å²) in [6.45, 7) is 4.30. The molecule has 0 amide bonds. The second kappa shape index (κ2) is 5.52. The summed E-state index contributed by atoms with van der Waals surface area (Å²) in [6.07, 6.45) is 0. The second-order valence-electron chi connectivity index (χ2n) is 4.48. The monoisotopic (exact) mass is 257 g/mol. The Kier molecular flexibility index (Phi) is 3.80. The van der Waals surface area contributed by atoms with Gasteiger partial charge in [-0.15, -0.1) is 0 Å². The predicted octanol–water partition coefficient (Wildman–Crippen LogP) is 3.79. The molecule has 0 spiro atoms. The number of nitro groups is 1. The number of aryl methyl sites for hydroxylation is 2. The minimum absolute atomic E-state index is 0.0852. The van der Waals surface area contributed by atoms with Crippen LogP contribution in [0.15, 0.2) is 42.5 Å². The van der Waals surface area contributed by atoms with Gasteiger partial charge in [-0.2, -0.15) is 0 Å². The Balaban J connectivity index is 2.12. The van der Waals surface area contributed by atoms with Gasteiger partial charge in [0, 0.05) is 12.1 Å². The first-order valence-electron chi connectivity index (χ1n) is 5.99. The molecular weight excluding hydrogens is 242 g/mol. The first kappa shape index (κ1) is 13.1. The average molecular weight is 257 g/mol. The van der Waals surface area contributed by atoms with Crippen molar-refractivity contribution in [3.05, 3.63) is 69.3 Å². The van der Waals surface area contributed by atoms with Gasteiger partial charge >= 0.3 is 0 Å². The molecule has 0 bridgehead atoms. The summed E-state index contributed by atoms with van der Waals surface area (Å²) in [5, 5.41) is 10.7. The normalized spacial score (nSPS) is 10.2. The van der Waals surface area contributed by atoms with Crippen LogP contribution in [0.4, 0.5) is 5.69 Å². The molecule has 4 nitrogen and oxygen atoms in total. The zero-order valence-corrected chi connectivity index (χ0v) is 10.9. The molecule has 0 saturated carbocycles. The topological polar surface area (TPSA) is 52.4 Å². The quantitative estimate of drug-likeness (QED) is 0.618. The Morgan fingerprint density at radius 3 is 2.68 bits per heavy atom. The van der Waals surface area contributed by atoms with E-state index in [9.17, 15) is 10.1 Å². The van der Waals surface area contributed by atoms with Gasteiger partial charge in [-0.05, 0) is 36.6 Å². The van der Waals surface area contributed by atoms with Crippen LogP contribution in [0.3, 0.4) is 0 Å². The molecule has 0 aliphatic rings. The minimum atomic E-state index is -0.401. The molecule has 0 aliphatic carbocycles. The summed E-state index contributed by atoms with van der Waals surface area (Å²) in [4.78, 5) is 10.3. The van der Waals surface area contributed by atoms with Gasteiger partial charge in [0.1, 0.15) is 12.4 Å². The smallest absolute Gasteiger partial charge is 0.269 e. The van der Waals surface area contributed by atoms with Gasteiger partial charge in [0.05, 0.1) is 4.92 Å². The van der Waals surface area contributed by atoms with Crippen molar-refractivity contribution in [2.45, 2.75) is 20.5 Å². The van der Waals surface area contributed by atoms with Gasteiger partial charge in [0.2, 0.25) is 0 Å². The fraction of sp³-hybridized carbons (Fsp3) is 0.200. The van der Waals surface area contributed by atoms with Crippen LogP contribution in [0.5, 0.6) is 5.75 Å². The van der Waals surface area contributed by atoms with E-state index in [1.165, 1.54) is 12.1 Å². The van der Waals surface area contributed by atoms with E-state index in [1.807, 2.05) is 38.1 Å². The summed E-state index contributed by atoms with van der Waals surface area (Å²) < 4.78 is 5.72. The van der Waals surface area contributed by atoms with Gasteiger partial charge < -0.3 is 4.74 Å². The first-order valence-corrected chi connectivity index (χ1v) is 5.99. The van der Waals surface area contributed by atoms with Crippen LogP contribution >= 0.6 is 0 Å². The molecular formula is C15H15NO3. The summed E-state index contributed by atoms with van der Waals surface area (Å²) >= 11 is 0. The van der Waals surface area contributed by atoms with Crippen molar-refractivity contribution < 1.29 is 9.66 Å². The maximum Gasteiger partial charge on any atom is 0.269 e.